The third kappa shape index (κ3) is 2.11. The van der Waals surface area contributed by atoms with E-state index in [0.29, 0.717) is 31.3 Å². The van der Waals surface area contributed by atoms with Crippen LogP contribution in [0.25, 0.3) is 10.9 Å². The first-order valence-corrected chi connectivity index (χ1v) is 6.70. The Balaban J connectivity index is 2.06. The molecule has 19 heavy (non-hydrogen) atoms. The van der Waals surface area contributed by atoms with Crippen LogP contribution in [0.3, 0.4) is 0 Å². The lowest BCUT2D eigenvalue weighted by atomic mass is 10.1. The molecule has 0 radical (unpaired) electrons. The van der Waals surface area contributed by atoms with Crippen molar-refractivity contribution in [2.45, 2.75) is 6.92 Å². The molecule has 3 rings (SSSR count). The van der Waals surface area contributed by atoms with Gasteiger partial charge in [-0.25, -0.2) is 0 Å². The van der Waals surface area contributed by atoms with Gasteiger partial charge in [-0.2, -0.15) is 0 Å². The summed E-state index contributed by atoms with van der Waals surface area (Å²) in [6, 6.07) is 5.62. The zero-order valence-corrected chi connectivity index (χ0v) is 11.5. The Hall–Kier alpha value is -1.52. The highest BCUT2D eigenvalue weighted by Crippen LogP contribution is 2.28. The van der Waals surface area contributed by atoms with Crippen molar-refractivity contribution in [1.29, 1.82) is 0 Å². The standard InChI is InChI=1S/C14H15ClN2O2/c1-9-12(14(18)17-5-7-19-8-6-17)10-3-2-4-11(15)13(10)16-9/h2-4,16H,5-8H2,1H3. The summed E-state index contributed by atoms with van der Waals surface area (Å²) in [5.41, 5.74) is 2.41. The van der Waals surface area contributed by atoms with E-state index < -0.39 is 0 Å². The number of aromatic nitrogens is 1. The highest BCUT2D eigenvalue weighted by Gasteiger charge is 2.23. The molecule has 1 fully saturated rings. The number of aryl methyl sites for hydroxylation is 1. The average Bonchev–Trinajstić information content (AvgIpc) is 2.77. The Morgan fingerprint density at radius 1 is 1.37 bits per heavy atom. The van der Waals surface area contributed by atoms with Crippen LogP contribution in [0.5, 0.6) is 0 Å². The van der Waals surface area contributed by atoms with E-state index in [-0.39, 0.29) is 5.91 Å². The second-order valence-electron chi connectivity index (χ2n) is 4.69. The first-order chi connectivity index (χ1) is 9.18. The quantitative estimate of drug-likeness (QED) is 0.871. The lowest BCUT2D eigenvalue weighted by Crippen LogP contribution is -2.40. The SMILES string of the molecule is Cc1[nH]c2c(Cl)cccc2c1C(=O)N1CCOCC1. The fraction of sp³-hybridized carbons (Fsp3) is 0.357. The normalized spacial score (nSPS) is 16.0. The molecule has 4 nitrogen and oxygen atoms in total. The number of aromatic amines is 1. The minimum atomic E-state index is 0.0503. The molecule has 2 aromatic rings. The van der Waals surface area contributed by atoms with Crippen molar-refractivity contribution in [1.82, 2.24) is 9.88 Å². The maximum atomic E-state index is 12.6. The summed E-state index contributed by atoms with van der Waals surface area (Å²) >= 11 is 6.16. The summed E-state index contributed by atoms with van der Waals surface area (Å²) < 4.78 is 5.28. The number of nitrogens with zero attached hydrogens (tertiary/aromatic N) is 1. The lowest BCUT2D eigenvalue weighted by molar-refractivity contribution is 0.0303. The first kappa shape index (κ1) is 12.5. The van der Waals surface area contributed by atoms with E-state index in [1.54, 1.807) is 0 Å². The largest absolute Gasteiger partial charge is 0.378 e. The van der Waals surface area contributed by atoms with Gasteiger partial charge in [0.1, 0.15) is 0 Å². The van der Waals surface area contributed by atoms with Crippen LogP contribution in [-0.4, -0.2) is 42.1 Å². The van der Waals surface area contributed by atoms with Crippen molar-refractivity contribution >= 4 is 28.4 Å². The Morgan fingerprint density at radius 2 is 2.11 bits per heavy atom. The van der Waals surface area contributed by atoms with Crippen LogP contribution in [-0.2, 0) is 4.74 Å². The van der Waals surface area contributed by atoms with E-state index in [2.05, 4.69) is 4.98 Å². The summed E-state index contributed by atoms with van der Waals surface area (Å²) in [7, 11) is 0. The number of carbonyl (C=O) groups is 1. The summed E-state index contributed by atoms with van der Waals surface area (Å²) in [5, 5.41) is 1.53. The minimum Gasteiger partial charge on any atom is -0.378 e. The molecule has 0 bridgehead atoms. The van der Waals surface area contributed by atoms with Gasteiger partial charge in [0.2, 0.25) is 0 Å². The molecule has 1 N–H and O–H groups in total. The lowest BCUT2D eigenvalue weighted by Gasteiger charge is -2.27. The zero-order chi connectivity index (χ0) is 13.4. The van der Waals surface area contributed by atoms with E-state index in [1.165, 1.54) is 0 Å². The van der Waals surface area contributed by atoms with E-state index in [4.69, 9.17) is 16.3 Å². The summed E-state index contributed by atoms with van der Waals surface area (Å²) in [5.74, 6) is 0.0503. The number of amides is 1. The number of hydrogen-bond donors (Lipinski definition) is 1. The van der Waals surface area contributed by atoms with Crippen molar-refractivity contribution in [2.24, 2.45) is 0 Å². The summed E-state index contributed by atoms with van der Waals surface area (Å²) in [4.78, 5) is 17.7. The molecule has 5 heteroatoms. The van der Waals surface area contributed by atoms with Crippen molar-refractivity contribution in [2.75, 3.05) is 26.3 Å². The van der Waals surface area contributed by atoms with Gasteiger partial charge in [0.15, 0.2) is 0 Å². The molecule has 0 spiro atoms. The van der Waals surface area contributed by atoms with Crippen LogP contribution in [0.4, 0.5) is 0 Å². The van der Waals surface area contributed by atoms with Gasteiger partial charge in [-0.3, -0.25) is 4.79 Å². The second-order valence-corrected chi connectivity index (χ2v) is 5.10. The molecule has 0 unspecified atom stereocenters. The van der Waals surface area contributed by atoms with Gasteiger partial charge in [-0.1, -0.05) is 23.7 Å². The number of rotatable bonds is 1. The molecule has 0 aliphatic carbocycles. The Bertz CT molecular complexity index is 630. The van der Waals surface area contributed by atoms with E-state index in [1.807, 2.05) is 30.0 Å². The van der Waals surface area contributed by atoms with Crippen molar-refractivity contribution in [3.05, 3.63) is 34.5 Å². The molecule has 100 valence electrons. The number of nitrogens with one attached hydrogen (secondary N) is 1. The maximum absolute atomic E-state index is 12.6. The highest BCUT2D eigenvalue weighted by molar-refractivity contribution is 6.35. The number of morpholine rings is 1. The number of hydrogen-bond acceptors (Lipinski definition) is 2. The smallest absolute Gasteiger partial charge is 0.256 e. The predicted octanol–water partition coefficient (Wildman–Crippen LogP) is 2.60. The van der Waals surface area contributed by atoms with Crippen LogP contribution in [0.15, 0.2) is 18.2 Å². The molecule has 0 atom stereocenters. The monoisotopic (exact) mass is 278 g/mol. The number of fused-ring (bicyclic) bond motifs is 1. The van der Waals surface area contributed by atoms with Crippen LogP contribution in [0, 0.1) is 6.92 Å². The third-order valence-corrected chi connectivity index (χ3v) is 3.80. The van der Waals surface area contributed by atoms with Crippen molar-refractivity contribution in [3.63, 3.8) is 0 Å². The Labute approximate surface area is 116 Å². The Kier molecular flexibility index (Phi) is 3.21. The van der Waals surface area contributed by atoms with Gasteiger partial charge in [0, 0.05) is 24.2 Å². The average molecular weight is 279 g/mol. The topological polar surface area (TPSA) is 45.3 Å². The molecule has 1 aromatic heterocycles. The van der Waals surface area contributed by atoms with E-state index in [9.17, 15) is 4.79 Å². The fourth-order valence-electron chi connectivity index (χ4n) is 2.51. The van der Waals surface area contributed by atoms with Crippen LogP contribution >= 0.6 is 11.6 Å². The van der Waals surface area contributed by atoms with Gasteiger partial charge >= 0.3 is 0 Å². The second kappa shape index (κ2) is 4.87. The van der Waals surface area contributed by atoms with Crippen LogP contribution in [0.1, 0.15) is 16.1 Å². The molecular weight excluding hydrogens is 264 g/mol. The minimum absolute atomic E-state index is 0.0503. The van der Waals surface area contributed by atoms with E-state index >= 15 is 0 Å². The van der Waals surface area contributed by atoms with Gasteiger partial charge in [0.25, 0.3) is 5.91 Å². The molecule has 1 aliphatic heterocycles. The molecule has 1 aliphatic rings. The molecule has 0 saturated carbocycles. The maximum Gasteiger partial charge on any atom is 0.256 e. The number of halogens is 1. The molecule has 2 heterocycles. The van der Waals surface area contributed by atoms with Gasteiger partial charge in [-0.15, -0.1) is 0 Å². The van der Waals surface area contributed by atoms with Crippen LogP contribution in [0.2, 0.25) is 5.02 Å². The summed E-state index contributed by atoms with van der Waals surface area (Å²) in [6.45, 7) is 4.41. The van der Waals surface area contributed by atoms with Gasteiger partial charge in [-0.05, 0) is 13.0 Å². The molecule has 1 saturated heterocycles. The van der Waals surface area contributed by atoms with Crippen LogP contribution < -0.4 is 0 Å². The predicted molar refractivity (Wildman–Crippen MR) is 74.8 cm³/mol. The fourth-order valence-corrected chi connectivity index (χ4v) is 2.73. The number of carbonyl (C=O) groups excluding carboxylic acids is 1. The highest BCUT2D eigenvalue weighted by atomic mass is 35.5. The number of para-hydroxylation sites is 1. The number of benzene rings is 1. The number of H-pyrrole nitrogens is 1. The Morgan fingerprint density at radius 3 is 2.84 bits per heavy atom. The molecule has 1 amide bonds. The van der Waals surface area contributed by atoms with Crippen molar-refractivity contribution in [3.8, 4) is 0 Å². The van der Waals surface area contributed by atoms with Gasteiger partial charge < -0.3 is 14.6 Å². The van der Waals surface area contributed by atoms with Crippen molar-refractivity contribution < 1.29 is 9.53 Å². The van der Waals surface area contributed by atoms with Gasteiger partial charge in [0.05, 0.1) is 29.3 Å². The molecule has 1 aromatic carbocycles. The number of ether oxygens (including phenoxy) is 1. The zero-order valence-electron chi connectivity index (χ0n) is 10.7. The van der Waals surface area contributed by atoms with E-state index in [0.717, 1.165) is 22.2 Å². The first-order valence-electron chi connectivity index (χ1n) is 6.32. The molecular formula is C14H15ClN2O2. The third-order valence-electron chi connectivity index (χ3n) is 3.48. The summed E-state index contributed by atoms with van der Waals surface area (Å²) in [6.07, 6.45) is 0.